The van der Waals surface area contributed by atoms with Crippen molar-refractivity contribution in [2.24, 2.45) is 5.92 Å². The predicted molar refractivity (Wildman–Crippen MR) is 66.8 cm³/mol. The number of allylic oxidation sites excluding steroid dienone is 1. The smallest absolute Gasteiger partial charge is 0.280 e. The van der Waals surface area contributed by atoms with Gasteiger partial charge in [-0.1, -0.05) is 25.8 Å². The summed E-state index contributed by atoms with van der Waals surface area (Å²) in [7, 11) is 0. The molecule has 0 amide bonds. The molecule has 0 aromatic carbocycles. The molecular weight excluding hydrogens is 292 g/mol. The molecule has 0 N–H and O–H groups in total. The molecule has 0 aromatic heterocycles. The van der Waals surface area contributed by atoms with E-state index < -0.39 is 0 Å². The number of halogens is 2. The molecule has 0 aliphatic heterocycles. The fraction of sp³-hybridized carbons (Fsp3) is 0.667. The first-order valence-electron chi connectivity index (χ1n) is 4.14. The Hall–Kier alpha value is 1.47. The molecule has 69 valence electrons. The van der Waals surface area contributed by atoms with Crippen LogP contribution >= 0.6 is 25.8 Å². The van der Waals surface area contributed by atoms with Crippen molar-refractivity contribution >= 4 is 41.8 Å². The van der Waals surface area contributed by atoms with Gasteiger partial charge in [0.1, 0.15) is 0 Å². The summed E-state index contributed by atoms with van der Waals surface area (Å²) in [5, 5.41) is 0. The Bertz CT molecular complexity index is 103. The highest BCUT2D eigenvalue weighted by Gasteiger charge is 1.92. The van der Waals surface area contributed by atoms with Gasteiger partial charge in [0.2, 0.25) is 0 Å². The molecular formula is C9H17Br2Mg. The molecule has 1 atom stereocenters. The average molecular weight is 309 g/mol. The van der Waals surface area contributed by atoms with Crippen LogP contribution in [0.5, 0.6) is 0 Å². The highest BCUT2D eigenvalue weighted by atomic mass is 79.9. The fourth-order valence-corrected chi connectivity index (χ4v) is 0.752. The quantitative estimate of drug-likeness (QED) is 0.529. The molecule has 0 heterocycles. The van der Waals surface area contributed by atoms with E-state index >= 15 is 0 Å². The molecule has 0 aliphatic carbocycles. The lowest BCUT2D eigenvalue weighted by Crippen LogP contribution is -1.86. The molecule has 12 heavy (non-hydrogen) atoms. The lowest BCUT2D eigenvalue weighted by Gasteiger charge is -2.02. The predicted octanol–water partition coefficient (Wildman–Crippen LogP) is 4.51. The number of rotatable bonds is 4. The summed E-state index contributed by atoms with van der Waals surface area (Å²) in [6.07, 6.45) is 3.65. The molecule has 0 fully saturated rings. The molecule has 0 aliphatic rings. The molecule has 3 heteroatoms. The zero-order valence-corrected chi connectivity index (χ0v) is 12.7. The summed E-state index contributed by atoms with van der Waals surface area (Å²) in [5.74, 6) is 0.601. The van der Waals surface area contributed by atoms with E-state index in [1.165, 1.54) is 24.8 Å². The van der Waals surface area contributed by atoms with Crippen LogP contribution in [0.2, 0.25) is 0 Å². The van der Waals surface area contributed by atoms with E-state index in [0.717, 1.165) is 0 Å². The van der Waals surface area contributed by atoms with Crippen LogP contribution in [0.25, 0.3) is 0 Å². The first-order chi connectivity index (χ1) is 5.54. The minimum Gasteiger partial charge on any atom is -0.280 e. The summed E-state index contributed by atoms with van der Waals surface area (Å²) >= 11 is 6.44. The van der Waals surface area contributed by atoms with Gasteiger partial charge in [0, 0.05) is 0 Å². The molecule has 0 aromatic rings. The van der Waals surface area contributed by atoms with Crippen molar-refractivity contribution < 1.29 is 0 Å². The molecule has 0 rings (SSSR count). The molecule has 0 saturated heterocycles. The summed E-state index contributed by atoms with van der Waals surface area (Å²) in [5.41, 5.74) is 1.29. The van der Waals surface area contributed by atoms with Crippen molar-refractivity contribution in [3.63, 3.8) is 0 Å². The standard InChI is InChI=1S/C9H17.2BrH.Mg/c1-8(2)6-5-7-9(3)4;;;/h8H,1,3,5-7H2,2,4H3;2*1H;/q;;;+2/p-2. The Morgan fingerprint density at radius 2 is 1.92 bits per heavy atom. The van der Waals surface area contributed by atoms with Crippen molar-refractivity contribution in [3.05, 3.63) is 19.1 Å². The summed E-state index contributed by atoms with van der Waals surface area (Å²) in [6.45, 7) is 12.0. The summed E-state index contributed by atoms with van der Waals surface area (Å²) < 4.78 is 0. The van der Waals surface area contributed by atoms with Crippen LogP contribution in [0, 0.1) is 12.8 Å². The minimum atomic E-state index is 0.0417. The highest BCUT2D eigenvalue weighted by Crippen LogP contribution is 2.09. The maximum atomic E-state index is 3.91. The van der Waals surface area contributed by atoms with E-state index in [-0.39, 0.29) is 16.0 Å². The summed E-state index contributed by atoms with van der Waals surface area (Å²) in [4.78, 5) is 0. The zero-order valence-electron chi connectivity index (χ0n) is 8.08. The fourth-order valence-electron chi connectivity index (χ4n) is 0.752. The van der Waals surface area contributed by atoms with Gasteiger partial charge in [-0.3, -0.25) is 25.8 Å². The van der Waals surface area contributed by atoms with Gasteiger partial charge in [-0.25, -0.2) is 0 Å². The maximum absolute atomic E-state index is 3.91. The third-order valence-corrected chi connectivity index (χ3v) is 1.30. The van der Waals surface area contributed by atoms with Crippen LogP contribution in [0.4, 0.5) is 0 Å². The van der Waals surface area contributed by atoms with Crippen molar-refractivity contribution in [2.45, 2.75) is 33.1 Å². The maximum Gasteiger partial charge on any atom is 0.560 e. The normalized spacial score (nSPS) is 8.50. The average Bonchev–Trinajstić information content (AvgIpc) is 1.87. The van der Waals surface area contributed by atoms with Gasteiger partial charge in [0.15, 0.2) is 0 Å². The third kappa shape index (κ3) is 22.5. The summed E-state index contributed by atoms with van der Waals surface area (Å²) in [6, 6.07) is 0. The second-order valence-corrected chi connectivity index (χ2v) is 11.1. The van der Waals surface area contributed by atoms with E-state index in [4.69, 9.17) is 0 Å². The SMILES string of the molecule is [Br][Mg][Br].[CH2]C(C)CCCC(=C)C. The Morgan fingerprint density at radius 3 is 2.17 bits per heavy atom. The second-order valence-electron chi connectivity index (χ2n) is 3.06. The van der Waals surface area contributed by atoms with Crippen molar-refractivity contribution in [1.29, 1.82) is 0 Å². The molecule has 1 radical (unpaired) electrons. The second kappa shape index (κ2) is 12.5. The van der Waals surface area contributed by atoms with Crippen LogP contribution in [0.3, 0.4) is 0 Å². The van der Waals surface area contributed by atoms with Crippen molar-refractivity contribution in [3.8, 4) is 0 Å². The molecule has 0 spiro atoms. The zero-order chi connectivity index (χ0) is 9.98. The van der Waals surface area contributed by atoms with E-state index in [0.29, 0.717) is 5.92 Å². The highest BCUT2D eigenvalue weighted by molar-refractivity contribution is 9.47. The lowest BCUT2D eigenvalue weighted by molar-refractivity contribution is 0.602. The minimum absolute atomic E-state index is 0.0417. The van der Waals surface area contributed by atoms with Gasteiger partial charge in [0.05, 0.1) is 0 Å². The van der Waals surface area contributed by atoms with Crippen LogP contribution < -0.4 is 0 Å². The van der Waals surface area contributed by atoms with Gasteiger partial charge < -0.3 is 0 Å². The molecule has 0 saturated carbocycles. The van der Waals surface area contributed by atoms with Gasteiger partial charge in [-0.2, -0.15) is 0 Å². The van der Waals surface area contributed by atoms with E-state index in [9.17, 15) is 0 Å². The van der Waals surface area contributed by atoms with E-state index in [2.05, 4.69) is 53.1 Å². The van der Waals surface area contributed by atoms with Crippen LogP contribution in [0.15, 0.2) is 12.2 Å². The van der Waals surface area contributed by atoms with Crippen LogP contribution in [-0.2, 0) is 0 Å². The van der Waals surface area contributed by atoms with E-state index in [1.54, 1.807) is 0 Å². The van der Waals surface area contributed by atoms with Crippen LogP contribution in [-0.4, -0.2) is 16.0 Å². The first-order valence-corrected chi connectivity index (χ1v) is 11.9. The van der Waals surface area contributed by atoms with Gasteiger partial charge in [-0.05, 0) is 25.7 Å². The largest absolute Gasteiger partial charge is 0.560 e. The van der Waals surface area contributed by atoms with Crippen molar-refractivity contribution in [2.75, 3.05) is 0 Å². The Labute approximate surface area is 99.0 Å². The lowest BCUT2D eigenvalue weighted by atomic mass is 10.0. The van der Waals surface area contributed by atoms with Gasteiger partial charge in [0.25, 0.3) is 0 Å². The Balaban J connectivity index is 0. The number of hydrogen-bond acceptors (Lipinski definition) is 0. The first kappa shape index (κ1) is 15.9. The Morgan fingerprint density at radius 1 is 1.50 bits per heavy atom. The molecule has 0 bridgehead atoms. The monoisotopic (exact) mass is 307 g/mol. The van der Waals surface area contributed by atoms with E-state index in [1.807, 2.05) is 0 Å². The van der Waals surface area contributed by atoms with Crippen molar-refractivity contribution in [1.82, 2.24) is 0 Å². The Kier molecular flexibility index (Phi) is 16.5. The van der Waals surface area contributed by atoms with Crippen LogP contribution in [0.1, 0.15) is 33.1 Å². The number of hydrogen-bond donors (Lipinski definition) is 0. The van der Waals surface area contributed by atoms with Gasteiger partial charge >= 0.3 is 16.0 Å². The van der Waals surface area contributed by atoms with Gasteiger partial charge in [-0.15, -0.1) is 6.58 Å². The topological polar surface area (TPSA) is 0 Å². The third-order valence-electron chi connectivity index (χ3n) is 1.30. The molecule has 1 unspecified atom stereocenters. The molecule has 0 nitrogen and oxygen atoms in total.